The van der Waals surface area contributed by atoms with Crippen molar-refractivity contribution in [3.63, 3.8) is 0 Å². The molecule has 100 valence electrons. The fraction of sp³-hybridized carbons (Fsp3) is 0.462. The Labute approximate surface area is 107 Å². The number of nitrogens with one attached hydrogen (secondary N) is 1. The lowest BCUT2D eigenvalue weighted by molar-refractivity contribution is -0.121. The lowest BCUT2D eigenvalue weighted by atomic mass is 10.3. The first kappa shape index (κ1) is 14.3. The standard InChI is InChI=1S/C13H20N2O3/c1-2-17-9-7-15-13(16)6-8-18-12-5-3-4-11(14)10-12/h3-5,10H,2,6-9,14H2,1H3,(H,15,16). The highest BCUT2D eigenvalue weighted by Crippen LogP contribution is 2.14. The lowest BCUT2D eigenvalue weighted by Gasteiger charge is -2.07. The van der Waals surface area contributed by atoms with Crippen LogP contribution in [0.1, 0.15) is 13.3 Å². The van der Waals surface area contributed by atoms with E-state index in [4.69, 9.17) is 15.2 Å². The summed E-state index contributed by atoms with van der Waals surface area (Å²) in [6.45, 7) is 3.99. The van der Waals surface area contributed by atoms with Gasteiger partial charge in [-0.15, -0.1) is 0 Å². The molecule has 1 aromatic rings. The molecule has 1 amide bonds. The Bertz CT molecular complexity index is 369. The molecule has 0 fully saturated rings. The summed E-state index contributed by atoms with van der Waals surface area (Å²) < 4.78 is 10.5. The van der Waals surface area contributed by atoms with E-state index in [0.717, 1.165) is 0 Å². The summed E-state index contributed by atoms with van der Waals surface area (Å²) in [7, 11) is 0. The number of benzene rings is 1. The molecule has 0 unspecified atom stereocenters. The van der Waals surface area contributed by atoms with E-state index in [-0.39, 0.29) is 5.91 Å². The van der Waals surface area contributed by atoms with E-state index in [9.17, 15) is 4.79 Å². The molecule has 0 saturated carbocycles. The maximum absolute atomic E-state index is 11.4. The largest absolute Gasteiger partial charge is 0.493 e. The number of nitrogens with two attached hydrogens (primary N) is 1. The van der Waals surface area contributed by atoms with Crippen molar-refractivity contribution >= 4 is 11.6 Å². The van der Waals surface area contributed by atoms with Crippen LogP contribution in [0.4, 0.5) is 5.69 Å². The zero-order valence-electron chi connectivity index (χ0n) is 10.6. The molecule has 0 spiro atoms. The maximum atomic E-state index is 11.4. The Hall–Kier alpha value is -1.75. The van der Waals surface area contributed by atoms with Crippen LogP contribution in [0, 0.1) is 0 Å². The van der Waals surface area contributed by atoms with Gasteiger partial charge in [0, 0.05) is 24.9 Å². The van der Waals surface area contributed by atoms with Gasteiger partial charge in [-0.25, -0.2) is 0 Å². The summed E-state index contributed by atoms with van der Waals surface area (Å²) in [5.74, 6) is 0.635. The van der Waals surface area contributed by atoms with E-state index in [0.29, 0.717) is 44.2 Å². The third-order valence-electron chi connectivity index (χ3n) is 2.23. The van der Waals surface area contributed by atoms with Gasteiger partial charge in [0.05, 0.1) is 19.6 Å². The van der Waals surface area contributed by atoms with E-state index in [1.54, 1.807) is 12.1 Å². The highest BCUT2D eigenvalue weighted by atomic mass is 16.5. The molecule has 0 atom stereocenters. The van der Waals surface area contributed by atoms with Gasteiger partial charge in [-0.2, -0.15) is 0 Å². The number of ether oxygens (including phenoxy) is 2. The molecule has 3 N–H and O–H groups in total. The van der Waals surface area contributed by atoms with Gasteiger partial charge in [-0.05, 0) is 19.1 Å². The minimum Gasteiger partial charge on any atom is -0.493 e. The van der Waals surface area contributed by atoms with Crippen molar-refractivity contribution < 1.29 is 14.3 Å². The molecule has 1 rings (SSSR count). The van der Waals surface area contributed by atoms with Gasteiger partial charge in [0.1, 0.15) is 5.75 Å². The first-order valence-corrected chi connectivity index (χ1v) is 6.05. The van der Waals surface area contributed by atoms with Crippen molar-refractivity contribution in [1.29, 1.82) is 0 Å². The van der Waals surface area contributed by atoms with Crippen LogP contribution in [0.5, 0.6) is 5.75 Å². The van der Waals surface area contributed by atoms with Crippen LogP contribution in [0.3, 0.4) is 0 Å². The molecule has 18 heavy (non-hydrogen) atoms. The number of nitrogen functional groups attached to an aromatic ring is 1. The van der Waals surface area contributed by atoms with Crippen molar-refractivity contribution in [3.05, 3.63) is 24.3 Å². The predicted octanol–water partition coefficient (Wildman–Crippen LogP) is 1.19. The summed E-state index contributed by atoms with van der Waals surface area (Å²) >= 11 is 0. The van der Waals surface area contributed by atoms with Gasteiger partial charge in [-0.3, -0.25) is 4.79 Å². The topological polar surface area (TPSA) is 73.6 Å². The molecule has 0 saturated heterocycles. The van der Waals surface area contributed by atoms with Crippen LogP contribution >= 0.6 is 0 Å². The van der Waals surface area contributed by atoms with Gasteiger partial charge < -0.3 is 20.5 Å². The zero-order chi connectivity index (χ0) is 13.2. The second-order valence-electron chi connectivity index (χ2n) is 3.72. The number of hydrogen-bond acceptors (Lipinski definition) is 4. The van der Waals surface area contributed by atoms with Crippen molar-refractivity contribution in [2.45, 2.75) is 13.3 Å². The number of carbonyl (C=O) groups excluding carboxylic acids is 1. The number of carbonyl (C=O) groups is 1. The molecule has 0 heterocycles. The minimum absolute atomic E-state index is 0.0430. The van der Waals surface area contributed by atoms with Crippen LogP contribution in [-0.2, 0) is 9.53 Å². The number of amides is 1. The highest BCUT2D eigenvalue weighted by molar-refractivity contribution is 5.75. The van der Waals surface area contributed by atoms with Crippen LogP contribution in [-0.4, -0.2) is 32.3 Å². The molecule has 5 nitrogen and oxygen atoms in total. The Morgan fingerprint density at radius 1 is 1.39 bits per heavy atom. The molecule has 5 heteroatoms. The van der Waals surface area contributed by atoms with Gasteiger partial charge in [0.15, 0.2) is 0 Å². The summed E-state index contributed by atoms with van der Waals surface area (Å²) in [4.78, 5) is 11.4. The fourth-order valence-electron chi connectivity index (χ4n) is 1.36. The fourth-order valence-corrected chi connectivity index (χ4v) is 1.36. The highest BCUT2D eigenvalue weighted by Gasteiger charge is 2.01. The SMILES string of the molecule is CCOCCNC(=O)CCOc1cccc(N)c1. The molecule has 0 aromatic heterocycles. The van der Waals surface area contributed by atoms with Crippen LogP contribution in [0.25, 0.3) is 0 Å². The van der Waals surface area contributed by atoms with Gasteiger partial charge in [-0.1, -0.05) is 6.07 Å². The Morgan fingerprint density at radius 3 is 2.94 bits per heavy atom. The normalized spacial score (nSPS) is 10.1. The van der Waals surface area contributed by atoms with Crippen LogP contribution in [0.15, 0.2) is 24.3 Å². The average Bonchev–Trinajstić information content (AvgIpc) is 2.35. The molecular weight excluding hydrogens is 232 g/mol. The van der Waals surface area contributed by atoms with Crippen molar-refractivity contribution in [1.82, 2.24) is 5.32 Å². The Morgan fingerprint density at radius 2 is 2.22 bits per heavy atom. The van der Waals surface area contributed by atoms with E-state index in [2.05, 4.69) is 5.32 Å². The Kier molecular flexibility index (Phi) is 6.64. The van der Waals surface area contributed by atoms with E-state index >= 15 is 0 Å². The smallest absolute Gasteiger partial charge is 0.223 e. The summed E-state index contributed by atoms with van der Waals surface area (Å²) in [6.07, 6.45) is 0.320. The number of hydrogen-bond donors (Lipinski definition) is 2. The van der Waals surface area contributed by atoms with Crippen molar-refractivity contribution in [3.8, 4) is 5.75 Å². The summed E-state index contributed by atoms with van der Waals surface area (Å²) in [5, 5.41) is 2.75. The quantitative estimate of drug-likeness (QED) is 0.538. The van der Waals surface area contributed by atoms with Gasteiger partial charge in [0.2, 0.25) is 5.91 Å². The second kappa shape index (κ2) is 8.36. The van der Waals surface area contributed by atoms with Crippen LogP contribution < -0.4 is 15.8 Å². The first-order chi connectivity index (χ1) is 8.72. The molecule has 0 bridgehead atoms. The summed E-state index contributed by atoms with van der Waals surface area (Å²) in [6, 6.07) is 7.14. The Balaban J connectivity index is 2.12. The molecule has 1 aromatic carbocycles. The van der Waals surface area contributed by atoms with Crippen molar-refractivity contribution in [2.24, 2.45) is 0 Å². The lowest BCUT2D eigenvalue weighted by Crippen LogP contribution is -2.28. The van der Waals surface area contributed by atoms with Crippen LogP contribution in [0.2, 0.25) is 0 Å². The third-order valence-corrected chi connectivity index (χ3v) is 2.23. The van der Waals surface area contributed by atoms with E-state index < -0.39 is 0 Å². The molecule has 0 aliphatic carbocycles. The number of rotatable bonds is 8. The van der Waals surface area contributed by atoms with Crippen molar-refractivity contribution in [2.75, 3.05) is 32.1 Å². The van der Waals surface area contributed by atoms with Gasteiger partial charge >= 0.3 is 0 Å². The second-order valence-corrected chi connectivity index (χ2v) is 3.72. The summed E-state index contributed by atoms with van der Waals surface area (Å²) in [5.41, 5.74) is 6.26. The van der Waals surface area contributed by atoms with E-state index in [1.807, 2.05) is 19.1 Å². The zero-order valence-corrected chi connectivity index (χ0v) is 10.6. The molecule has 0 radical (unpaired) electrons. The maximum Gasteiger partial charge on any atom is 0.223 e. The average molecular weight is 252 g/mol. The number of anilines is 1. The monoisotopic (exact) mass is 252 g/mol. The first-order valence-electron chi connectivity index (χ1n) is 6.05. The third kappa shape index (κ3) is 6.10. The predicted molar refractivity (Wildman–Crippen MR) is 70.5 cm³/mol. The minimum atomic E-state index is -0.0430. The molecular formula is C13H20N2O3. The van der Waals surface area contributed by atoms with E-state index in [1.165, 1.54) is 0 Å². The molecule has 0 aliphatic rings. The van der Waals surface area contributed by atoms with Gasteiger partial charge in [0.25, 0.3) is 0 Å². The molecule has 0 aliphatic heterocycles.